The van der Waals surface area contributed by atoms with E-state index in [9.17, 15) is 15.0 Å². The molecule has 21 heavy (non-hydrogen) atoms. The molecule has 1 aromatic heterocycles. The van der Waals surface area contributed by atoms with Gasteiger partial charge >= 0.3 is 0 Å². The van der Waals surface area contributed by atoms with Crippen molar-refractivity contribution in [1.82, 2.24) is 4.98 Å². The van der Waals surface area contributed by atoms with E-state index in [2.05, 4.69) is 4.98 Å². The van der Waals surface area contributed by atoms with Crippen LogP contribution in [0.1, 0.15) is 0 Å². The van der Waals surface area contributed by atoms with Crippen molar-refractivity contribution in [3.63, 3.8) is 0 Å². The molecule has 1 heterocycles. The van der Waals surface area contributed by atoms with E-state index in [-0.39, 0.29) is 22.4 Å². The van der Waals surface area contributed by atoms with Crippen LogP contribution >= 0.6 is 0 Å². The molecule has 3 rings (SSSR count). The molecule has 5 nitrogen and oxygen atoms in total. The number of phenolic OH excluding ortho intramolecular Hbond substituents is 2. The second-order valence-corrected chi connectivity index (χ2v) is 4.63. The first-order valence-electron chi connectivity index (χ1n) is 6.32. The van der Waals surface area contributed by atoms with E-state index in [1.807, 2.05) is 0 Å². The lowest BCUT2D eigenvalue weighted by Gasteiger charge is -2.08. The Kier molecular flexibility index (Phi) is 3.02. The van der Waals surface area contributed by atoms with E-state index in [1.54, 1.807) is 31.4 Å². The number of pyridine rings is 1. The van der Waals surface area contributed by atoms with Crippen LogP contribution < -0.4 is 10.2 Å². The lowest BCUT2D eigenvalue weighted by Crippen LogP contribution is -2.03. The number of hydrogen-bond donors (Lipinski definition) is 3. The second kappa shape index (κ2) is 4.86. The number of aromatic amines is 1. The number of benzene rings is 2. The molecule has 0 amide bonds. The minimum Gasteiger partial charge on any atom is -0.504 e. The van der Waals surface area contributed by atoms with Gasteiger partial charge in [-0.25, -0.2) is 0 Å². The molecule has 0 aliphatic heterocycles. The van der Waals surface area contributed by atoms with Gasteiger partial charge in [-0.2, -0.15) is 0 Å². The van der Waals surface area contributed by atoms with Gasteiger partial charge in [-0.1, -0.05) is 0 Å². The average molecular weight is 283 g/mol. The largest absolute Gasteiger partial charge is 0.504 e. The molecule has 0 unspecified atom stereocenters. The van der Waals surface area contributed by atoms with E-state index in [4.69, 9.17) is 4.74 Å². The Morgan fingerprint density at radius 3 is 2.43 bits per heavy atom. The van der Waals surface area contributed by atoms with Crippen LogP contribution in [-0.4, -0.2) is 22.3 Å². The average Bonchev–Trinajstić information content (AvgIpc) is 2.51. The third-order valence-electron chi connectivity index (χ3n) is 3.36. The van der Waals surface area contributed by atoms with Crippen molar-refractivity contribution in [1.29, 1.82) is 0 Å². The van der Waals surface area contributed by atoms with Crippen LogP contribution in [0.4, 0.5) is 0 Å². The Hall–Kier alpha value is -2.95. The topological polar surface area (TPSA) is 82.6 Å². The minimum atomic E-state index is -0.333. The number of phenols is 2. The summed E-state index contributed by atoms with van der Waals surface area (Å²) in [7, 11) is 1.58. The number of hydrogen-bond acceptors (Lipinski definition) is 4. The summed E-state index contributed by atoms with van der Waals surface area (Å²) in [5.41, 5.74) is 1.31. The Morgan fingerprint density at radius 2 is 1.76 bits per heavy atom. The highest BCUT2D eigenvalue weighted by Gasteiger charge is 2.10. The van der Waals surface area contributed by atoms with Gasteiger partial charge in [0.2, 0.25) is 0 Å². The Bertz CT molecular complexity index is 866. The highest BCUT2D eigenvalue weighted by molar-refractivity contribution is 5.88. The highest BCUT2D eigenvalue weighted by atomic mass is 16.5. The van der Waals surface area contributed by atoms with Crippen LogP contribution in [-0.2, 0) is 0 Å². The molecular weight excluding hydrogens is 270 g/mol. The van der Waals surface area contributed by atoms with Crippen molar-refractivity contribution >= 4 is 10.9 Å². The normalized spacial score (nSPS) is 10.7. The van der Waals surface area contributed by atoms with Gasteiger partial charge in [-0.15, -0.1) is 0 Å². The molecule has 0 aliphatic carbocycles. The maximum Gasteiger partial charge on any atom is 0.190 e. The maximum absolute atomic E-state index is 12.1. The number of rotatable bonds is 2. The number of ether oxygens (including phenoxy) is 1. The van der Waals surface area contributed by atoms with Gasteiger partial charge < -0.3 is 19.9 Å². The van der Waals surface area contributed by atoms with Crippen LogP contribution in [0.25, 0.3) is 22.2 Å². The molecule has 0 aliphatic rings. The van der Waals surface area contributed by atoms with Crippen molar-refractivity contribution in [2.45, 2.75) is 0 Å². The predicted molar refractivity (Wildman–Crippen MR) is 79.9 cm³/mol. The lowest BCUT2D eigenvalue weighted by atomic mass is 10.1. The number of nitrogens with one attached hydrogen (secondary N) is 1. The summed E-state index contributed by atoms with van der Waals surface area (Å²) in [6, 6.07) is 11.4. The molecule has 106 valence electrons. The van der Waals surface area contributed by atoms with Crippen LogP contribution in [0.5, 0.6) is 17.2 Å². The van der Waals surface area contributed by atoms with Gasteiger partial charge in [0, 0.05) is 17.1 Å². The van der Waals surface area contributed by atoms with E-state index in [0.29, 0.717) is 16.8 Å². The van der Waals surface area contributed by atoms with E-state index in [0.717, 1.165) is 5.56 Å². The molecule has 2 aromatic carbocycles. The summed E-state index contributed by atoms with van der Waals surface area (Å²) in [5.74, 6) is 0.104. The molecule has 0 bridgehead atoms. The third kappa shape index (κ3) is 2.18. The molecule has 3 N–H and O–H groups in total. The van der Waals surface area contributed by atoms with Crippen LogP contribution in [0, 0.1) is 0 Å². The fourth-order valence-corrected chi connectivity index (χ4v) is 2.22. The van der Waals surface area contributed by atoms with E-state index >= 15 is 0 Å². The highest BCUT2D eigenvalue weighted by Crippen LogP contribution is 2.32. The van der Waals surface area contributed by atoms with Crippen LogP contribution in [0.2, 0.25) is 0 Å². The Morgan fingerprint density at radius 1 is 1.05 bits per heavy atom. The first-order valence-corrected chi connectivity index (χ1v) is 6.32. The number of fused-ring (bicyclic) bond motifs is 1. The van der Waals surface area contributed by atoms with E-state index in [1.165, 1.54) is 18.2 Å². The molecular formula is C16H13NO4. The van der Waals surface area contributed by atoms with Gasteiger partial charge in [0.25, 0.3) is 0 Å². The second-order valence-electron chi connectivity index (χ2n) is 4.63. The molecule has 0 atom stereocenters. The summed E-state index contributed by atoms with van der Waals surface area (Å²) >= 11 is 0. The molecule has 5 heteroatoms. The van der Waals surface area contributed by atoms with Crippen molar-refractivity contribution in [3.05, 3.63) is 52.7 Å². The summed E-state index contributed by atoms with van der Waals surface area (Å²) in [4.78, 5) is 15.1. The molecule has 0 fully saturated rings. The van der Waals surface area contributed by atoms with Crippen molar-refractivity contribution in [3.8, 4) is 28.5 Å². The fraction of sp³-hybridized carbons (Fsp3) is 0.0625. The zero-order chi connectivity index (χ0) is 15.0. The first-order chi connectivity index (χ1) is 10.1. The third-order valence-corrected chi connectivity index (χ3v) is 3.36. The SMILES string of the molecule is COc1ccc(-c2cc(=O)c3ccc(O)c(O)c3[nH]2)cc1. The summed E-state index contributed by atoms with van der Waals surface area (Å²) < 4.78 is 5.09. The predicted octanol–water partition coefficient (Wildman–Crippen LogP) is 2.61. The van der Waals surface area contributed by atoms with Gasteiger partial charge in [0.05, 0.1) is 12.6 Å². The van der Waals surface area contributed by atoms with Gasteiger partial charge in [0.15, 0.2) is 16.9 Å². The first kappa shape index (κ1) is 13.1. The van der Waals surface area contributed by atoms with Crippen molar-refractivity contribution < 1.29 is 14.9 Å². The molecule has 0 spiro atoms. The van der Waals surface area contributed by atoms with Crippen molar-refractivity contribution in [2.75, 3.05) is 7.11 Å². The fourth-order valence-electron chi connectivity index (χ4n) is 2.22. The van der Waals surface area contributed by atoms with Gasteiger partial charge in [-0.05, 0) is 42.0 Å². The van der Waals surface area contributed by atoms with Crippen LogP contribution in [0.3, 0.4) is 0 Å². The monoisotopic (exact) mass is 283 g/mol. The molecule has 0 radical (unpaired) electrons. The molecule has 0 saturated carbocycles. The maximum atomic E-state index is 12.1. The number of aromatic nitrogens is 1. The van der Waals surface area contributed by atoms with E-state index < -0.39 is 0 Å². The summed E-state index contributed by atoms with van der Waals surface area (Å²) in [5, 5.41) is 19.8. The van der Waals surface area contributed by atoms with Gasteiger partial charge in [0.1, 0.15) is 5.75 Å². The molecule has 3 aromatic rings. The number of H-pyrrole nitrogens is 1. The quantitative estimate of drug-likeness (QED) is 0.631. The van der Waals surface area contributed by atoms with Crippen molar-refractivity contribution in [2.24, 2.45) is 0 Å². The summed E-state index contributed by atoms with van der Waals surface area (Å²) in [6.45, 7) is 0. The standard InChI is InChI=1S/C16H13NO4/c1-21-10-4-2-9(3-5-10)12-8-14(19)11-6-7-13(18)16(20)15(11)17-12/h2-8,18,20H,1H3,(H,17,19). The summed E-state index contributed by atoms with van der Waals surface area (Å²) in [6.07, 6.45) is 0. The number of methoxy groups -OCH3 is 1. The minimum absolute atomic E-state index is 0.216. The zero-order valence-electron chi connectivity index (χ0n) is 11.3. The molecule has 0 saturated heterocycles. The van der Waals surface area contributed by atoms with Gasteiger partial charge in [-0.3, -0.25) is 4.79 Å². The Labute approximate surface area is 120 Å². The van der Waals surface area contributed by atoms with Crippen LogP contribution in [0.15, 0.2) is 47.3 Å². The Balaban J connectivity index is 2.23. The zero-order valence-corrected chi connectivity index (χ0v) is 11.3. The smallest absolute Gasteiger partial charge is 0.190 e. The lowest BCUT2D eigenvalue weighted by molar-refractivity contribution is 0.407. The number of aromatic hydroxyl groups is 2.